The Bertz CT molecular complexity index is 488. The van der Waals surface area contributed by atoms with E-state index in [9.17, 15) is 0 Å². The molecule has 0 amide bonds. The minimum atomic E-state index is -0.229. The van der Waals surface area contributed by atoms with E-state index < -0.39 is 0 Å². The van der Waals surface area contributed by atoms with Gasteiger partial charge in [-0.15, -0.1) is 0 Å². The van der Waals surface area contributed by atoms with Crippen molar-refractivity contribution < 1.29 is 4.52 Å². The highest BCUT2D eigenvalue weighted by Crippen LogP contribution is 2.17. The van der Waals surface area contributed by atoms with Crippen LogP contribution in [-0.2, 0) is 0 Å². The summed E-state index contributed by atoms with van der Waals surface area (Å²) in [6, 6.07) is -0.229. The van der Waals surface area contributed by atoms with Gasteiger partial charge >= 0.3 is 0 Å². The highest BCUT2D eigenvalue weighted by atomic mass is 16.5. The maximum Gasteiger partial charge on any atom is 0.280 e. The third-order valence-corrected chi connectivity index (χ3v) is 3.06. The van der Waals surface area contributed by atoms with Gasteiger partial charge in [-0.05, 0) is 25.9 Å². The molecular formula is C10H15N7O. The second-order valence-corrected chi connectivity index (χ2v) is 4.43. The van der Waals surface area contributed by atoms with Crippen LogP contribution in [0.4, 0.5) is 0 Å². The number of hydrogen-bond donors (Lipinski definition) is 2. The summed E-state index contributed by atoms with van der Waals surface area (Å²) in [4.78, 5) is 6.56. The molecule has 0 saturated carbocycles. The van der Waals surface area contributed by atoms with Gasteiger partial charge in [-0.25, -0.2) is 0 Å². The summed E-state index contributed by atoms with van der Waals surface area (Å²) in [6.45, 7) is 2.96. The van der Waals surface area contributed by atoms with Crippen LogP contribution in [0.5, 0.6) is 0 Å². The van der Waals surface area contributed by atoms with Crippen molar-refractivity contribution in [2.75, 3.05) is 19.6 Å². The number of hydrogen-bond acceptors (Lipinski definition) is 7. The molecule has 0 bridgehead atoms. The van der Waals surface area contributed by atoms with Crippen molar-refractivity contribution in [3.63, 3.8) is 0 Å². The van der Waals surface area contributed by atoms with Gasteiger partial charge in [-0.3, -0.25) is 0 Å². The highest BCUT2D eigenvalue weighted by Gasteiger charge is 2.20. The lowest BCUT2D eigenvalue weighted by Crippen LogP contribution is -2.30. The summed E-state index contributed by atoms with van der Waals surface area (Å²) in [7, 11) is 0. The van der Waals surface area contributed by atoms with Crippen molar-refractivity contribution in [2.24, 2.45) is 5.73 Å². The molecule has 1 fully saturated rings. The lowest BCUT2D eigenvalue weighted by atomic mass is 10.3. The van der Waals surface area contributed by atoms with Crippen LogP contribution in [0.25, 0.3) is 11.6 Å². The van der Waals surface area contributed by atoms with Gasteiger partial charge in [0.1, 0.15) is 0 Å². The molecular weight excluding hydrogens is 234 g/mol. The lowest BCUT2D eigenvalue weighted by molar-refractivity contribution is 0.306. The van der Waals surface area contributed by atoms with E-state index in [2.05, 4.69) is 30.5 Å². The normalized spacial score (nSPS) is 18.3. The van der Waals surface area contributed by atoms with Gasteiger partial charge in [0, 0.05) is 6.54 Å². The fourth-order valence-corrected chi connectivity index (χ4v) is 2.12. The van der Waals surface area contributed by atoms with Gasteiger partial charge in [0.05, 0.1) is 12.2 Å². The number of nitrogens with zero attached hydrogens (tertiary/aromatic N) is 5. The van der Waals surface area contributed by atoms with Crippen molar-refractivity contribution >= 4 is 0 Å². The third-order valence-electron chi connectivity index (χ3n) is 3.06. The van der Waals surface area contributed by atoms with Gasteiger partial charge in [-0.2, -0.15) is 20.4 Å². The Labute approximate surface area is 104 Å². The Morgan fingerprint density at radius 1 is 1.44 bits per heavy atom. The van der Waals surface area contributed by atoms with E-state index in [1.54, 1.807) is 0 Å². The summed E-state index contributed by atoms with van der Waals surface area (Å²) >= 11 is 0. The first-order valence-corrected chi connectivity index (χ1v) is 6.00. The van der Waals surface area contributed by atoms with Crippen LogP contribution in [0.1, 0.15) is 24.7 Å². The van der Waals surface area contributed by atoms with Crippen LogP contribution in [0.15, 0.2) is 10.7 Å². The van der Waals surface area contributed by atoms with E-state index in [4.69, 9.17) is 10.3 Å². The Morgan fingerprint density at radius 3 is 3.00 bits per heavy atom. The number of rotatable bonds is 4. The van der Waals surface area contributed by atoms with Gasteiger partial charge < -0.3 is 15.2 Å². The SMILES string of the molecule is NC(CN1CCCC1)c1noc(-c2cn[nH]n2)n1. The second-order valence-electron chi connectivity index (χ2n) is 4.43. The van der Waals surface area contributed by atoms with Gasteiger partial charge in [-0.1, -0.05) is 5.16 Å². The topological polar surface area (TPSA) is 110 Å². The quantitative estimate of drug-likeness (QED) is 0.781. The molecule has 3 rings (SSSR count). The lowest BCUT2D eigenvalue weighted by Gasteiger charge is -2.17. The summed E-state index contributed by atoms with van der Waals surface area (Å²) in [5.41, 5.74) is 6.60. The molecule has 0 aromatic carbocycles. The van der Waals surface area contributed by atoms with Crippen molar-refractivity contribution in [2.45, 2.75) is 18.9 Å². The number of nitrogens with two attached hydrogens (primary N) is 1. The summed E-state index contributed by atoms with van der Waals surface area (Å²) in [5.74, 6) is 0.857. The van der Waals surface area contributed by atoms with Gasteiger partial charge in [0.15, 0.2) is 11.5 Å². The molecule has 2 aromatic heterocycles. The Kier molecular flexibility index (Phi) is 3.03. The van der Waals surface area contributed by atoms with E-state index in [-0.39, 0.29) is 6.04 Å². The molecule has 0 spiro atoms. The summed E-state index contributed by atoms with van der Waals surface area (Å²) in [6.07, 6.45) is 4.01. The zero-order valence-corrected chi connectivity index (χ0v) is 9.91. The molecule has 96 valence electrons. The number of likely N-dealkylation sites (tertiary alicyclic amines) is 1. The van der Waals surface area contributed by atoms with E-state index >= 15 is 0 Å². The first-order chi connectivity index (χ1) is 8.83. The maximum atomic E-state index is 6.07. The fourth-order valence-electron chi connectivity index (χ4n) is 2.12. The summed E-state index contributed by atoms with van der Waals surface area (Å²) < 4.78 is 5.11. The monoisotopic (exact) mass is 249 g/mol. The minimum absolute atomic E-state index is 0.229. The Morgan fingerprint density at radius 2 is 2.28 bits per heavy atom. The molecule has 18 heavy (non-hydrogen) atoms. The molecule has 3 N–H and O–H groups in total. The van der Waals surface area contributed by atoms with Crippen LogP contribution in [0.3, 0.4) is 0 Å². The molecule has 1 unspecified atom stereocenters. The second kappa shape index (κ2) is 4.83. The molecule has 1 aliphatic heterocycles. The molecule has 1 saturated heterocycles. The van der Waals surface area contributed by atoms with E-state index in [0.29, 0.717) is 17.4 Å². The van der Waals surface area contributed by atoms with Crippen LogP contribution in [0.2, 0.25) is 0 Å². The Balaban J connectivity index is 1.68. The predicted octanol–water partition coefficient (Wildman–Crippen LogP) is -0.0497. The molecule has 1 aliphatic rings. The fraction of sp³-hybridized carbons (Fsp3) is 0.600. The van der Waals surface area contributed by atoms with Crippen LogP contribution < -0.4 is 5.73 Å². The first kappa shape index (κ1) is 11.3. The number of nitrogens with one attached hydrogen (secondary N) is 1. The van der Waals surface area contributed by atoms with Crippen molar-refractivity contribution in [3.8, 4) is 11.6 Å². The number of aromatic nitrogens is 5. The van der Waals surface area contributed by atoms with Crippen molar-refractivity contribution in [3.05, 3.63) is 12.0 Å². The third kappa shape index (κ3) is 2.24. The van der Waals surface area contributed by atoms with E-state index in [1.165, 1.54) is 19.0 Å². The molecule has 8 nitrogen and oxygen atoms in total. The molecule has 8 heteroatoms. The van der Waals surface area contributed by atoms with Gasteiger partial charge in [0.25, 0.3) is 5.89 Å². The number of H-pyrrole nitrogens is 1. The minimum Gasteiger partial charge on any atom is -0.332 e. The first-order valence-electron chi connectivity index (χ1n) is 6.00. The summed E-state index contributed by atoms with van der Waals surface area (Å²) in [5, 5.41) is 14.0. The number of aromatic amines is 1. The van der Waals surface area contributed by atoms with Crippen molar-refractivity contribution in [1.29, 1.82) is 0 Å². The standard InChI is InChI=1S/C10H15N7O/c11-7(6-17-3-1-2-4-17)9-13-10(18-15-9)8-5-12-16-14-8/h5,7H,1-4,6,11H2,(H,12,14,16). The molecule has 2 aromatic rings. The van der Waals surface area contributed by atoms with Crippen LogP contribution in [0, 0.1) is 0 Å². The van der Waals surface area contributed by atoms with Crippen LogP contribution in [-0.4, -0.2) is 50.1 Å². The smallest absolute Gasteiger partial charge is 0.280 e. The molecule has 0 aliphatic carbocycles. The van der Waals surface area contributed by atoms with E-state index in [0.717, 1.165) is 19.6 Å². The predicted molar refractivity (Wildman–Crippen MR) is 62.3 cm³/mol. The maximum absolute atomic E-state index is 6.07. The van der Waals surface area contributed by atoms with Crippen LogP contribution >= 0.6 is 0 Å². The van der Waals surface area contributed by atoms with Gasteiger partial charge in [0.2, 0.25) is 0 Å². The Hall–Kier alpha value is -1.80. The highest BCUT2D eigenvalue weighted by molar-refractivity contribution is 5.42. The zero-order valence-electron chi connectivity index (χ0n) is 9.91. The van der Waals surface area contributed by atoms with Crippen molar-refractivity contribution in [1.82, 2.24) is 30.5 Å². The largest absolute Gasteiger partial charge is 0.332 e. The average molecular weight is 249 g/mol. The zero-order chi connectivity index (χ0) is 12.4. The van der Waals surface area contributed by atoms with E-state index in [1.807, 2.05) is 0 Å². The molecule has 3 heterocycles. The molecule has 1 atom stereocenters. The average Bonchev–Trinajstić information content (AvgIpc) is 3.11. The molecule has 0 radical (unpaired) electrons.